The van der Waals surface area contributed by atoms with Crippen molar-refractivity contribution < 1.29 is 14.3 Å². The Morgan fingerprint density at radius 3 is 3.06 bits per heavy atom. The molecule has 1 amide bonds. The summed E-state index contributed by atoms with van der Waals surface area (Å²) in [7, 11) is 0. The number of fused-ring (bicyclic) bond motifs is 1. The summed E-state index contributed by atoms with van der Waals surface area (Å²) in [6.45, 7) is 0.918. The van der Waals surface area contributed by atoms with Crippen LogP contribution in [0.5, 0.6) is 5.75 Å². The lowest BCUT2D eigenvalue weighted by atomic mass is 10.0. The number of alkyl halides is 1. The second kappa shape index (κ2) is 5.87. The van der Waals surface area contributed by atoms with E-state index in [1.807, 2.05) is 0 Å². The van der Waals surface area contributed by atoms with E-state index in [2.05, 4.69) is 5.32 Å². The second-order valence-electron chi connectivity index (χ2n) is 4.03. The van der Waals surface area contributed by atoms with Crippen LogP contribution in [0.4, 0.5) is 0 Å². The largest absolute Gasteiger partial charge is 0.491 e. The molecule has 1 aliphatic heterocycles. The van der Waals surface area contributed by atoms with Crippen LogP contribution < -0.4 is 10.1 Å². The van der Waals surface area contributed by atoms with Crippen LogP contribution in [0.1, 0.15) is 33.6 Å². The summed E-state index contributed by atoms with van der Waals surface area (Å²) in [6.07, 6.45) is 1.03. The molecule has 0 unspecified atom stereocenters. The summed E-state index contributed by atoms with van der Waals surface area (Å²) in [5.74, 6) is 0.782. The summed E-state index contributed by atoms with van der Waals surface area (Å²) in [5.41, 5.74) is 0.948. The number of halogens is 1. The minimum atomic E-state index is -0.200. The van der Waals surface area contributed by atoms with Gasteiger partial charge in [0.05, 0.1) is 12.1 Å². The first-order valence-corrected chi connectivity index (χ1v) is 6.40. The summed E-state index contributed by atoms with van der Waals surface area (Å²) in [4.78, 5) is 23.6. The van der Waals surface area contributed by atoms with Gasteiger partial charge in [-0.2, -0.15) is 0 Å². The number of carbonyl (C=O) groups excluding carboxylic acids is 2. The number of carbonyl (C=O) groups is 2. The second-order valence-corrected chi connectivity index (χ2v) is 4.41. The van der Waals surface area contributed by atoms with Gasteiger partial charge in [-0.25, -0.2) is 0 Å². The van der Waals surface area contributed by atoms with Crippen molar-refractivity contribution in [3.05, 3.63) is 29.3 Å². The molecule has 1 N–H and O–H groups in total. The minimum absolute atomic E-state index is 0.00417. The Hall–Kier alpha value is -1.55. The number of amides is 1. The number of nitrogens with one attached hydrogen (secondary N) is 1. The van der Waals surface area contributed by atoms with Crippen molar-refractivity contribution >= 4 is 23.3 Å². The van der Waals surface area contributed by atoms with Gasteiger partial charge in [0.15, 0.2) is 5.78 Å². The van der Waals surface area contributed by atoms with E-state index in [0.29, 0.717) is 48.7 Å². The molecule has 2 rings (SSSR count). The average molecular weight is 268 g/mol. The van der Waals surface area contributed by atoms with Crippen molar-refractivity contribution in [3.63, 3.8) is 0 Å². The van der Waals surface area contributed by atoms with Crippen LogP contribution in [-0.4, -0.2) is 30.7 Å². The monoisotopic (exact) mass is 267 g/mol. The molecule has 5 heteroatoms. The Morgan fingerprint density at radius 2 is 2.28 bits per heavy atom. The molecule has 0 aliphatic carbocycles. The maximum Gasteiger partial charge on any atom is 0.255 e. The molecule has 1 aliphatic rings. The molecule has 0 fully saturated rings. The molecule has 1 aromatic rings. The molecule has 1 heterocycles. The quantitative estimate of drug-likeness (QED) is 0.671. The molecule has 0 atom stereocenters. The lowest BCUT2D eigenvalue weighted by Crippen LogP contribution is -2.24. The maximum atomic E-state index is 11.9. The standard InChI is InChI=1S/C13H14ClNO3/c14-5-1-2-11(16)9-3-4-12-10(8-9)13(17)15-6-7-18-12/h3-4,8H,1-2,5-7H2,(H,15,17). The van der Waals surface area contributed by atoms with Crippen LogP contribution in [0.15, 0.2) is 18.2 Å². The van der Waals surface area contributed by atoms with Crippen LogP contribution >= 0.6 is 11.6 Å². The number of benzene rings is 1. The van der Waals surface area contributed by atoms with Crippen LogP contribution in [0.2, 0.25) is 0 Å². The first kappa shape index (κ1) is 12.9. The Bertz CT molecular complexity index is 473. The van der Waals surface area contributed by atoms with Gasteiger partial charge in [-0.1, -0.05) is 0 Å². The number of hydrogen-bond donors (Lipinski definition) is 1. The summed E-state index contributed by atoms with van der Waals surface area (Å²) >= 11 is 5.56. The molecule has 96 valence electrons. The summed E-state index contributed by atoms with van der Waals surface area (Å²) in [6, 6.07) is 4.95. The van der Waals surface area contributed by atoms with Gasteiger partial charge in [0, 0.05) is 17.9 Å². The normalized spacial score (nSPS) is 14.2. The molecule has 0 bridgehead atoms. The fourth-order valence-electron chi connectivity index (χ4n) is 1.80. The molecule has 4 nitrogen and oxygen atoms in total. The number of ketones is 1. The molecule has 0 saturated carbocycles. The Labute approximate surface area is 110 Å². The fourth-order valence-corrected chi connectivity index (χ4v) is 1.93. The molecule has 0 radical (unpaired) electrons. The van der Waals surface area contributed by atoms with Crippen molar-refractivity contribution in [1.82, 2.24) is 5.32 Å². The predicted octanol–water partition coefficient (Wildman–Crippen LogP) is 2.01. The van der Waals surface area contributed by atoms with E-state index in [1.165, 1.54) is 0 Å². The van der Waals surface area contributed by atoms with Crippen molar-refractivity contribution in [2.24, 2.45) is 0 Å². The highest BCUT2D eigenvalue weighted by Crippen LogP contribution is 2.22. The Morgan fingerprint density at radius 1 is 1.44 bits per heavy atom. The van der Waals surface area contributed by atoms with Gasteiger partial charge in [-0.15, -0.1) is 11.6 Å². The van der Waals surface area contributed by atoms with Crippen molar-refractivity contribution in [3.8, 4) is 5.75 Å². The number of ether oxygens (including phenoxy) is 1. The van der Waals surface area contributed by atoms with Gasteiger partial charge in [0.1, 0.15) is 12.4 Å². The van der Waals surface area contributed by atoms with Crippen LogP contribution in [-0.2, 0) is 0 Å². The maximum absolute atomic E-state index is 11.9. The highest BCUT2D eigenvalue weighted by molar-refractivity contribution is 6.18. The molecule has 0 spiro atoms. The number of hydrogen-bond acceptors (Lipinski definition) is 3. The van der Waals surface area contributed by atoms with Gasteiger partial charge in [0.2, 0.25) is 0 Å². The Balaban J connectivity index is 2.25. The third kappa shape index (κ3) is 2.82. The molecule has 1 aromatic carbocycles. The van der Waals surface area contributed by atoms with E-state index in [1.54, 1.807) is 18.2 Å². The molecule has 18 heavy (non-hydrogen) atoms. The van der Waals surface area contributed by atoms with Gasteiger partial charge in [-0.3, -0.25) is 9.59 Å². The van der Waals surface area contributed by atoms with Gasteiger partial charge < -0.3 is 10.1 Å². The van der Waals surface area contributed by atoms with E-state index in [9.17, 15) is 9.59 Å². The van der Waals surface area contributed by atoms with Gasteiger partial charge >= 0.3 is 0 Å². The molecule has 0 saturated heterocycles. The van der Waals surface area contributed by atoms with Crippen molar-refractivity contribution in [2.75, 3.05) is 19.0 Å². The first-order chi connectivity index (χ1) is 8.72. The van der Waals surface area contributed by atoms with Crippen molar-refractivity contribution in [1.29, 1.82) is 0 Å². The Kier molecular flexibility index (Phi) is 4.20. The smallest absolute Gasteiger partial charge is 0.255 e. The minimum Gasteiger partial charge on any atom is -0.491 e. The van der Waals surface area contributed by atoms with E-state index in [-0.39, 0.29) is 11.7 Å². The molecular formula is C13H14ClNO3. The lowest BCUT2D eigenvalue weighted by Gasteiger charge is -2.07. The zero-order valence-corrected chi connectivity index (χ0v) is 10.6. The highest BCUT2D eigenvalue weighted by Gasteiger charge is 2.18. The number of Topliss-reactive ketones (excluding diaryl/α,β-unsaturated/α-hetero) is 1. The molecule has 0 aromatic heterocycles. The zero-order chi connectivity index (χ0) is 13.0. The SMILES string of the molecule is O=C(CCCCl)c1ccc2c(c1)C(=O)NCCO2. The van der Waals surface area contributed by atoms with Crippen LogP contribution in [0.25, 0.3) is 0 Å². The zero-order valence-electron chi connectivity index (χ0n) is 9.87. The van der Waals surface area contributed by atoms with Crippen LogP contribution in [0, 0.1) is 0 Å². The van der Waals surface area contributed by atoms with E-state index >= 15 is 0 Å². The first-order valence-electron chi connectivity index (χ1n) is 5.86. The summed E-state index contributed by atoms with van der Waals surface area (Å²) < 4.78 is 5.42. The summed E-state index contributed by atoms with van der Waals surface area (Å²) in [5, 5.41) is 2.71. The van der Waals surface area contributed by atoms with Gasteiger partial charge in [0.25, 0.3) is 5.91 Å². The van der Waals surface area contributed by atoms with E-state index < -0.39 is 0 Å². The topological polar surface area (TPSA) is 55.4 Å². The van der Waals surface area contributed by atoms with Crippen LogP contribution in [0.3, 0.4) is 0 Å². The average Bonchev–Trinajstić information content (AvgIpc) is 2.58. The van der Waals surface area contributed by atoms with Gasteiger partial charge in [-0.05, 0) is 24.6 Å². The predicted molar refractivity (Wildman–Crippen MR) is 68.6 cm³/mol. The molecular weight excluding hydrogens is 254 g/mol. The third-order valence-corrected chi connectivity index (χ3v) is 3.00. The van der Waals surface area contributed by atoms with Crippen molar-refractivity contribution in [2.45, 2.75) is 12.8 Å². The third-order valence-electron chi connectivity index (χ3n) is 2.73. The van der Waals surface area contributed by atoms with E-state index in [4.69, 9.17) is 16.3 Å². The lowest BCUT2D eigenvalue weighted by molar-refractivity contribution is 0.0957. The number of rotatable bonds is 4. The highest BCUT2D eigenvalue weighted by atomic mass is 35.5. The fraction of sp³-hybridized carbons (Fsp3) is 0.385. The van der Waals surface area contributed by atoms with E-state index in [0.717, 1.165) is 0 Å².